The maximum absolute atomic E-state index is 11.4. The van der Waals surface area contributed by atoms with E-state index in [0.29, 0.717) is 0 Å². The van der Waals surface area contributed by atoms with Crippen LogP contribution in [0.4, 0.5) is 13.2 Å². The number of alkyl halides is 3. The summed E-state index contributed by atoms with van der Waals surface area (Å²) in [5.74, 6) is 0. The molecule has 0 aromatic rings. The van der Waals surface area contributed by atoms with E-state index in [2.05, 4.69) is 17.4 Å². The Labute approximate surface area is 63.0 Å². The van der Waals surface area contributed by atoms with Crippen LogP contribution >= 0.6 is 12.6 Å². The summed E-state index contributed by atoms with van der Waals surface area (Å²) in [5, 5.41) is 0. The summed E-state index contributed by atoms with van der Waals surface area (Å²) in [5.41, 5.74) is -0.539. The Bertz CT molecular complexity index is 91.4. The lowest BCUT2D eigenvalue weighted by Crippen LogP contribution is -2.13. The predicted octanol–water partition coefficient (Wildman–Crippen LogP) is 2.50. The van der Waals surface area contributed by atoms with E-state index >= 15 is 0 Å². The summed E-state index contributed by atoms with van der Waals surface area (Å²) in [6, 6.07) is 0. The van der Waals surface area contributed by atoms with Gasteiger partial charge in [0.25, 0.3) is 0 Å². The Morgan fingerprint density at radius 2 is 2.00 bits per heavy atom. The number of hydrogen-bond donors (Lipinski definition) is 0. The van der Waals surface area contributed by atoms with Crippen molar-refractivity contribution in [1.29, 1.82) is 0 Å². The molecule has 0 N–H and O–H groups in total. The van der Waals surface area contributed by atoms with Gasteiger partial charge in [0.1, 0.15) is 5.44 Å². The zero-order chi connectivity index (χ0) is 8.20. The van der Waals surface area contributed by atoms with Crippen LogP contribution in [-0.4, -0.2) is 18.2 Å². The monoisotopic (exact) mass is 173 g/mol. The first kappa shape index (κ1) is 10.1. The van der Waals surface area contributed by atoms with Gasteiger partial charge in [-0.3, -0.25) is 0 Å². The average Bonchev–Trinajstić information content (AvgIpc) is 1.59. The van der Waals surface area contributed by atoms with Crippen LogP contribution in [-0.2, 0) is 4.74 Å². The fourth-order valence-corrected chi connectivity index (χ4v) is 0.437. The summed E-state index contributed by atoms with van der Waals surface area (Å²) in [4.78, 5) is 0. The second-order valence-electron chi connectivity index (χ2n) is 1.80. The van der Waals surface area contributed by atoms with Gasteiger partial charge < -0.3 is 4.74 Å². The summed E-state index contributed by atoms with van der Waals surface area (Å²) < 4.78 is 38.7. The third-order valence-electron chi connectivity index (χ3n) is 0.738. The highest BCUT2D eigenvalue weighted by Crippen LogP contribution is 2.19. The Hall–Kier alpha value is 0.100. The van der Waals surface area contributed by atoms with E-state index in [4.69, 9.17) is 0 Å². The van der Waals surface area contributed by atoms with Crippen molar-refractivity contribution in [3.63, 3.8) is 0 Å². The van der Waals surface area contributed by atoms with Crippen LogP contribution < -0.4 is 0 Å². The Morgan fingerprint density at radius 1 is 1.50 bits per heavy atom. The molecule has 0 aromatic carbocycles. The van der Waals surface area contributed by atoms with Crippen LogP contribution in [0.5, 0.6) is 0 Å². The molecule has 10 heavy (non-hydrogen) atoms. The third-order valence-corrected chi connectivity index (χ3v) is 0.874. The van der Waals surface area contributed by atoms with E-state index in [-0.39, 0.29) is 6.61 Å². The molecule has 0 aromatic heterocycles. The highest BCUT2D eigenvalue weighted by atomic mass is 32.1. The molecule has 0 heterocycles. The van der Waals surface area contributed by atoms with E-state index in [1.807, 2.05) is 0 Å². The van der Waals surface area contributed by atoms with Crippen LogP contribution in [0.1, 0.15) is 13.3 Å². The van der Waals surface area contributed by atoms with E-state index < -0.39 is 18.0 Å². The first-order valence-electron chi connectivity index (χ1n) is 2.76. The van der Waals surface area contributed by atoms with Crippen molar-refractivity contribution in [3.05, 3.63) is 0 Å². The van der Waals surface area contributed by atoms with E-state index in [1.54, 1.807) is 0 Å². The van der Waals surface area contributed by atoms with Crippen molar-refractivity contribution >= 4 is 12.6 Å². The predicted molar refractivity (Wildman–Crippen MR) is 33.7 cm³/mol. The van der Waals surface area contributed by atoms with E-state index in [9.17, 15) is 13.2 Å². The first-order chi connectivity index (χ1) is 4.42. The van der Waals surface area contributed by atoms with Crippen molar-refractivity contribution < 1.29 is 17.9 Å². The fraction of sp³-hybridized carbons (Fsp3) is 1.00. The molecule has 1 radical (unpaired) electrons. The number of hydrogen-bond acceptors (Lipinski definition) is 1. The molecule has 1 atom stereocenters. The molecule has 1 nitrogen and oxygen atoms in total. The molecule has 0 fully saturated rings. The largest absolute Gasteiger partial charge is 0.391 e. The van der Waals surface area contributed by atoms with Crippen LogP contribution in [0, 0.1) is 0 Å². The molecular weight excluding hydrogens is 165 g/mol. The van der Waals surface area contributed by atoms with Gasteiger partial charge in [0.2, 0.25) is 0 Å². The number of halogens is 3. The van der Waals surface area contributed by atoms with Crippen molar-refractivity contribution in [1.82, 2.24) is 0 Å². The van der Waals surface area contributed by atoms with Crippen LogP contribution in [0.3, 0.4) is 0 Å². The third kappa shape index (κ3) is 8.10. The molecule has 0 rings (SSSR count). The lowest BCUT2D eigenvalue weighted by atomic mass is 10.4. The van der Waals surface area contributed by atoms with Gasteiger partial charge in [0, 0.05) is 0 Å². The lowest BCUT2D eigenvalue weighted by molar-refractivity contribution is -0.145. The summed E-state index contributed by atoms with van der Waals surface area (Å²) >= 11 is 4.48. The standard InChI is InChI=1S/C5H8F3OS/c1-4(10)9-3-2-5(6,7)8/h4H,2-3H2,1H3. The lowest BCUT2D eigenvalue weighted by Gasteiger charge is -2.07. The second kappa shape index (κ2) is 4.08. The first-order valence-corrected chi connectivity index (χ1v) is 3.23. The van der Waals surface area contributed by atoms with Crippen molar-refractivity contribution in [2.45, 2.75) is 25.0 Å². The highest BCUT2D eigenvalue weighted by Gasteiger charge is 2.26. The van der Waals surface area contributed by atoms with Gasteiger partial charge in [-0.2, -0.15) is 13.2 Å². The molecule has 0 aliphatic rings. The fourth-order valence-electron chi connectivity index (χ4n) is 0.341. The minimum absolute atomic E-state index is 0.339. The topological polar surface area (TPSA) is 9.23 Å². The average molecular weight is 173 g/mol. The smallest absolute Gasteiger partial charge is 0.367 e. The van der Waals surface area contributed by atoms with Gasteiger partial charge in [-0.1, -0.05) is 12.6 Å². The summed E-state index contributed by atoms with van der Waals surface area (Å²) in [7, 11) is 0. The molecule has 5 heteroatoms. The van der Waals surface area contributed by atoms with Crippen LogP contribution in [0.15, 0.2) is 0 Å². The Balaban J connectivity index is 3.21. The van der Waals surface area contributed by atoms with Gasteiger partial charge in [-0.05, 0) is 6.92 Å². The van der Waals surface area contributed by atoms with Gasteiger partial charge in [-0.15, -0.1) is 0 Å². The Kier molecular flexibility index (Phi) is 4.12. The molecule has 1 unspecified atom stereocenters. The van der Waals surface area contributed by atoms with Gasteiger partial charge in [0.15, 0.2) is 0 Å². The van der Waals surface area contributed by atoms with Crippen molar-refractivity contribution in [2.24, 2.45) is 0 Å². The van der Waals surface area contributed by atoms with Crippen LogP contribution in [0.2, 0.25) is 0 Å². The van der Waals surface area contributed by atoms with E-state index in [0.717, 1.165) is 0 Å². The second-order valence-corrected chi connectivity index (χ2v) is 2.47. The highest BCUT2D eigenvalue weighted by molar-refractivity contribution is 7.80. The summed E-state index contributed by atoms with van der Waals surface area (Å²) in [6.45, 7) is 1.18. The minimum atomic E-state index is -4.13. The minimum Gasteiger partial charge on any atom is -0.367 e. The summed E-state index contributed by atoms with van der Waals surface area (Å²) in [6.07, 6.45) is -5.06. The molecular formula is C5H8F3OS. The van der Waals surface area contributed by atoms with Gasteiger partial charge in [0.05, 0.1) is 13.0 Å². The van der Waals surface area contributed by atoms with Crippen LogP contribution in [0.25, 0.3) is 0 Å². The van der Waals surface area contributed by atoms with Gasteiger partial charge >= 0.3 is 6.18 Å². The van der Waals surface area contributed by atoms with Gasteiger partial charge in [-0.25, -0.2) is 0 Å². The maximum atomic E-state index is 11.4. The quantitative estimate of drug-likeness (QED) is 0.637. The zero-order valence-electron chi connectivity index (χ0n) is 5.44. The zero-order valence-corrected chi connectivity index (χ0v) is 6.26. The van der Waals surface area contributed by atoms with Crippen molar-refractivity contribution in [3.8, 4) is 0 Å². The number of rotatable bonds is 3. The SMILES string of the molecule is CC([S])OCCC(F)(F)F. The molecule has 0 saturated carbocycles. The Morgan fingerprint density at radius 3 is 2.30 bits per heavy atom. The molecule has 0 aliphatic carbocycles. The normalized spacial score (nSPS) is 15.3. The van der Waals surface area contributed by atoms with Crippen molar-refractivity contribution in [2.75, 3.05) is 6.61 Å². The molecule has 0 aliphatic heterocycles. The maximum Gasteiger partial charge on any atom is 0.391 e. The van der Waals surface area contributed by atoms with E-state index in [1.165, 1.54) is 6.92 Å². The molecule has 0 spiro atoms. The molecule has 0 amide bonds. The molecule has 0 saturated heterocycles. The number of ether oxygens (including phenoxy) is 1. The molecule has 61 valence electrons. The molecule has 0 bridgehead atoms.